The molecule has 0 unspecified atom stereocenters. The van der Waals surface area contributed by atoms with E-state index in [2.05, 4.69) is 0 Å². The summed E-state index contributed by atoms with van der Waals surface area (Å²) in [4.78, 5) is 39.7. The highest BCUT2D eigenvalue weighted by molar-refractivity contribution is 6.00. The van der Waals surface area contributed by atoms with Gasteiger partial charge in [0.15, 0.2) is 0 Å². The van der Waals surface area contributed by atoms with Gasteiger partial charge in [-0.2, -0.15) is 0 Å². The maximum atomic E-state index is 13.5. The SMILES string of the molecule is COC(=O)[C@@H]1C(=O)N2CCCc3ccccc3[C@H]2[C@H]([N+](=O)[O-])[C@H]1c1ccccc1. The summed E-state index contributed by atoms with van der Waals surface area (Å²) in [6, 6.07) is 14.5. The Morgan fingerprint density at radius 3 is 2.52 bits per heavy atom. The van der Waals surface area contributed by atoms with Crippen molar-refractivity contribution in [3.05, 3.63) is 81.4 Å². The van der Waals surface area contributed by atoms with Crippen molar-refractivity contribution >= 4 is 11.9 Å². The van der Waals surface area contributed by atoms with Gasteiger partial charge in [-0.1, -0.05) is 54.6 Å². The molecule has 2 aromatic carbocycles. The molecule has 4 rings (SSSR count). The lowest BCUT2D eigenvalue weighted by Gasteiger charge is -2.43. The van der Waals surface area contributed by atoms with Crippen LogP contribution >= 0.6 is 0 Å². The van der Waals surface area contributed by atoms with Gasteiger partial charge >= 0.3 is 5.97 Å². The van der Waals surface area contributed by atoms with Crippen LogP contribution in [-0.4, -0.2) is 41.4 Å². The number of hydrogen-bond donors (Lipinski definition) is 0. The first kappa shape index (κ1) is 19.1. The van der Waals surface area contributed by atoms with Crippen LogP contribution in [-0.2, 0) is 20.7 Å². The maximum Gasteiger partial charge on any atom is 0.319 e. The third-order valence-electron chi connectivity index (χ3n) is 6.04. The Kier molecular flexibility index (Phi) is 5.05. The average Bonchev–Trinajstić information content (AvgIpc) is 2.93. The van der Waals surface area contributed by atoms with Crippen molar-refractivity contribution in [3.8, 4) is 0 Å². The molecule has 4 atom stereocenters. The number of ether oxygens (including phenoxy) is 1. The topological polar surface area (TPSA) is 89.8 Å². The van der Waals surface area contributed by atoms with Crippen molar-refractivity contribution in [3.63, 3.8) is 0 Å². The number of carbonyl (C=O) groups excluding carboxylic acids is 2. The molecule has 2 aliphatic rings. The number of benzene rings is 2. The number of rotatable bonds is 3. The van der Waals surface area contributed by atoms with Crippen LogP contribution in [0.1, 0.15) is 35.1 Å². The number of nitro groups is 1. The number of hydrogen-bond acceptors (Lipinski definition) is 5. The van der Waals surface area contributed by atoms with Gasteiger partial charge in [0, 0.05) is 11.5 Å². The van der Waals surface area contributed by atoms with Crippen molar-refractivity contribution in [2.75, 3.05) is 13.7 Å². The molecule has 1 fully saturated rings. The number of aryl methyl sites for hydroxylation is 1. The zero-order valence-electron chi connectivity index (χ0n) is 16.1. The first-order valence-corrected chi connectivity index (χ1v) is 9.69. The number of nitrogens with zero attached hydrogens (tertiary/aromatic N) is 2. The van der Waals surface area contributed by atoms with E-state index in [0.717, 1.165) is 17.5 Å². The van der Waals surface area contributed by atoms with Gasteiger partial charge in [0.1, 0.15) is 12.0 Å². The summed E-state index contributed by atoms with van der Waals surface area (Å²) in [6.45, 7) is 0.373. The minimum atomic E-state index is -1.24. The molecular weight excluding hydrogens is 372 g/mol. The van der Waals surface area contributed by atoms with Crippen molar-refractivity contribution < 1.29 is 19.2 Å². The van der Waals surface area contributed by atoms with Gasteiger partial charge in [0.25, 0.3) is 0 Å². The second-order valence-electron chi connectivity index (χ2n) is 7.49. The average molecular weight is 394 g/mol. The Morgan fingerprint density at radius 1 is 1.14 bits per heavy atom. The number of piperidine rings is 1. The standard InChI is InChI=1S/C22H22N2O5/c1-29-22(26)18-17(15-9-3-2-4-10-15)20(24(27)28)19-16-12-6-5-8-14(16)11-7-13-23(19)21(18)25/h2-6,8-10,12,17-20H,7,11,13H2,1H3/t17-,18-,19-,20+/m0/s1. The molecule has 29 heavy (non-hydrogen) atoms. The number of esters is 1. The summed E-state index contributed by atoms with van der Waals surface area (Å²) in [5, 5.41) is 12.4. The third kappa shape index (κ3) is 3.16. The van der Waals surface area contributed by atoms with E-state index in [9.17, 15) is 19.7 Å². The second-order valence-corrected chi connectivity index (χ2v) is 7.49. The van der Waals surface area contributed by atoms with Gasteiger partial charge in [0.05, 0.1) is 13.0 Å². The normalized spacial score (nSPS) is 26.1. The Hall–Kier alpha value is -3.22. The smallest absolute Gasteiger partial charge is 0.319 e. The highest BCUT2D eigenvalue weighted by Gasteiger charge is 2.59. The molecule has 1 amide bonds. The summed E-state index contributed by atoms with van der Waals surface area (Å²) in [7, 11) is 1.21. The molecule has 0 spiro atoms. The zero-order valence-corrected chi connectivity index (χ0v) is 16.1. The molecular formula is C22H22N2O5. The van der Waals surface area contributed by atoms with E-state index < -0.39 is 35.8 Å². The van der Waals surface area contributed by atoms with Crippen LogP contribution in [0.15, 0.2) is 54.6 Å². The summed E-state index contributed by atoms with van der Waals surface area (Å²) in [6.07, 6.45) is 1.42. The van der Waals surface area contributed by atoms with E-state index in [1.165, 1.54) is 12.0 Å². The first-order chi connectivity index (χ1) is 14.0. The van der Waals surface area contributed by atoms with Crippen LogP contribution < -0.4 is 0 Å². The van der Waals surface area contributed by atoms with Crippen molar-refractivity contribution in [2.45, 2.75) is 30.8 Å². The lowest BCUT2D eigenvalue weighted by atomic mass is 9.71. The third-order valence-corrected chi connectivity index (χ3v) is 6.04. The number of methoxy groups -OCH3 is 1. The predicted molar refractivity (Wildman–Crippen MR) is 105 cm³/mol. The predicted octanol–water partition coefficient (Wildman–Crippen LogP) is 2.73. The Bertz CT molecular complexity index is 945. The molecule has 7 heteroatoms. The molecule has 0 bridgehead atoms. The van der Waals surface area contributed by atoms with E-state index in [1.807, 2.05) is 24.3 Å². The van der Waals surface area contributed by atoms with Crippen LogP contribution in [0.5, 0.6) is 0 Å². The lowest BCUT2D eigenvalue weighted by molar-refractivity contribution is -0.538. The van der Waals surface area contributed by atoms with E-state index in [4.69, 9.17) is 4.74 Å². The minimum Gasteiger partial charge on any atom is -0.468 e. The summed E-state index contributed by atoms with van der Waals surface area (Å²) in [5.74, 6) is -3.27. The summed E-state index contributed by atoms with van der Waals surface area (Å²) >= 11 is 0. The van der Waals surface area contributed by atoms with Crippen molar-refractivity contribution in [2.24, 2.45) is 5.92 Å². The highest BCUT2D eigenvalue weighted by atomic mass is 16.6. The Morgan fingerprint density at radius 2 is 1.83 bits per heavy atom. The molecule has 0 aromatic heterocycles. The molecule has 150 valence electrons. The monoisotopic (exact) mass is 394 g/mol. The highest BCUT2D eigenvalue weighted by Crippen LogP contribution is 2.47. The fourth-order valence-electron chi connectivity index (χ4n) is 4.82. The van der Waals surface area contributed by atoms with E-state index in [1.54, 1.807) is 30.3 Å². The number of carbonyl (C=O) groups is 2. The van der Waals surface area contributed by atoms with Crippen LogP contribution in [0.25, 0.3) is 0 Å². The van der Waals surface area contributed by atoms with E-state index >= 15 is 0 Å². The summed E-state index contributed by atoms with van der Waals surface area (Å²) in [5.41, 5.74) is 2.41. The maximum absolute atomic E-state index is 13.5. The summed E-state index contributed by atoms with van der Waals surface area (Å²) < 4.78 is 4.91. The molecule has 0 radical (unpaired) electrons. The fraction of sp³-hybridized carbons (Fsp3) is 0.364. The molecule has 0 saturated carbocycles. The first-order valence-electron chi connectivity index (χ1n) is 9.69. The van der Waals surface area contributed by atoms with Crippen LogP contribution in [0.2, 0.25) is 0 Å². The quantitative estimate of drug-likeness (QED) is 0.346. The molecule has 0 aliphatic carbocycles. The van der Waals surface area contributed by atoms with Gasteiger partial charge in [-0.3, -0.25) is 19.7 Å². The van der Waals surface area contributed by atoms with Crippen molar-refractivity contribution in [1.82, 2.24) is 4.90 Å². The zero-order chi connectivity index (χ0) is 20.5. The van der Waals surface area contributed by atoms with Gasteiger partial charge in [-0.15, -0.1) is 0 Å². The van der Waals surface area contributed by atoms with E-state index in [-0.39, 0.29) is 4.92 Å². The molecule has 2 aromatic rings. The van der Waals surface area contributed by atoms with Gasteiger partial charge in [-0.05, 0) is 29.5 Å². The van der Waals surface area contributed by atoms with Gasteiger partial charge in [0.2, 0.25) is 11.9 Å². The van der Waals surface area contributed by atoms with Gasteiger partial charge < -0.3 is 9.64 Å². The number of amides is 1. The Balaban J connectivity index is 1.94. The Labute approximate surface area is 168 Å². The molecule has 2 aliphatic heterocycles. The number of fused-ring (bicyclic) bond motifs is 3. The largest absolute Gasteiger partial charge is 0.468 e. The van der Waals surface area contributed by atoms with E-state index in [0.29, 0.717) is 18.5 Å². The van der Waals surface area contributed by atoms with Crippen LogP contribution in [0.4, 0.5) is 0 Å². The molecule has 1 saturated heterocycles. The second kappa shape index (κ2) is 7.66. The lowest BCUT2D eigenvalue weighted by Crippen LogP contribution is -2.58. The van der Waals surface area contributed by atoms with Crippen molar-refractivity contribution in [1.29, 1.82) is 0 Å². The van der Waals surface area contributed by atoms with Crippen LogP contribution in [0.3, 0.4) is 0 Å². The van der Waals surface area contributed by atoms with Gasteiger partial charge in [-0.25, -0.2) is 0 Å². The fourth-order valence-corrected chi connectivity index (χ4v) is 4.82. The minimum absolute atomic E-state index is 0.334. The van der Waals surface area contributed by atoms with Crippen LogP contribution in [0, 0.1) is 16.0 Å². The molecule has 0 N–H and O–H groups in total. The molecule has 2 heterocycles. The molecule has 7 nitrogen and oxygen atoms in total.